The Labute approximate surface area is 236 Å². The van der Waals surface area contributed by atoms with Crippen LogP contribution in [0, 0.1) is 26.7 Å². The van der Waals surface area contributed by atoms with Crippen molar-refractivity contribution in [1.82, 2.24) is 19.6 Å². The number of hydrogen-bond donors (Lipinski definition) is 1. The molecule has 2 aliphatic heterocycles. The molecule has 2 aliphatic rings. The average molecular weight is 570 g/mol. The first-order valence-electron chi connectivity index (χ1n) is 12.9. The predicted molar refractivity (Wildman–Crippen MR) is 149 cm³/mol. The Morgan fingerprint density at radius 3 is 2.33 bits per heavy atom. The molecule has 3 amide bonds. The third-order valence-electron chi connectivity index (χ3n) is 7.87. The molecular formula is C28H32ClN5O4S. The highest BCUT2D eigenvalue weighted by Crippen LogP contribution is 2.54. The van der Waals surface area contributed by atoms with Crippen LogP contribution in [0.3, 0.4) is 0 Å². The smallest absolute Gasteiger partial charge is 0.321 e. The molecule has 5 rings (SSSR count). The van der Waals surface area contributed by atoms with Crippen molar-refractivity contribution in [2.45, 2.75) is 38.8 Å². The Hall–Kier alpha value is -3.21. The number of nitrogens with two attached hydrogens (primary N) is 1. The van der Waals surface area contributed by atoms with E-state index in [1.165, 1.54) is 20.9 Å². The number of thiophene rings is 1. The van der Waals surface area contributed by atoms with Gasteiger partial charge in [-0.1, -0.05) is 35.9 Å². The van der Waals surface area contributed by atoms with Crippen molar-refractivity contribution in [3.05, 3.63) is 73.7 Å². The Kier molecular flexibility index (Phi) is 7.54. The van der Waals surface area contributed by atoms with Crippen molar-refractivity contribution in [2.75, 3.05) is 26.3 Å². The molecule has 4 atom stereocenters. The lowest BCUT2D eigenvalue weighted by Crippen LogP contribution is -2.54. The first-order valence-corrected chi connectivity index (χ1v) is 14.2. The summed E-state index contributed by atoms with van der Waals surface area (Å²) in [5.41, 5.74) is 9.54. The summed E-state index contributed by atoms with van der Waals surface area (Å²) in [6, 6.07) is 7.02. The molecule has 39 heavy (non-hydrogen) atoms. The highest BCUT2D eigenvalue weighted by atomic mass is 35.5. The van der Waals surface area contributed by atoms with Crippen LogP contribution in [-0.4, -0.2) is 69.6 Å². The highest BCUT2D eigenvalue weighted by Gasteiger charge is 2.59. The number of aryl methyl sites for hydroxylation is 4. The number of primary amides is 1. The summed E-state index contributed by atoms with van der Waals surface area (Å²) in [6.07, 6.45) is 0. The Balaban J connectivity index is 1.79. The van der Waals surface area contributed by atoms with Crippen LogP contribution in [-0.2, 0) is 16.6 Å². The maximum Gasteiger partial charge on any atom is 0.321 e. The van der Waals surface area contributed by atoms with Gasteiger partial charge in [-0.25, -0.2) is 4.79 Å². The highest BCUT2D eigenvalue weighted by molar-refractivity contribution is 7.10. The molecule has 0 aliphatic carbocycles. The van der Waals surface area contributed by atoms with Crippen molar-refractivity contribution in [3.63, 3.8) is 0 Å². The van der Waals surface area contributed by atoms with Crippen LogP contribution in [0.1, 0.15) is 49.6 Å². The fourth-order valence-corrected chi connectivity index (χ4v) is 7.44. The lowest BCUT2D eigenvalue weighted by Gasteiger charge is -2.37. The van der Waals surface area contributed by atoms with Gasteiger partial charge in [0.05, 0.1) is 30.9 Å². The van der Waals surface area contributed by atoms with Crippen molar-refractivity contribution in [1.29, 1.82) is 0 Å². The van der Waals surface area contributed by atoms with Crippen molar-refractivity contribution in [3.8, 4) is 0 Å². The number of carbonyl (C=O) groups is 3. The van der Waals surface area contributed by atoms with Gasteiger partial charge in [0.1, 0.15) is 11.2 Å². The van der Waals surface area contributed by atoms with E-state index in [-0.39, 0.29) is 11.8 Å². The Morgan fingerprint density at radius 2 is 1.77 bits per heavy atom. The van der Waals surface area contributed by atoms with E-state index in [0.717, 1.165) is 16.0 Å². The molecule has 0 radical (unpaired) electrons. The number of Topliss-reactive ketones (excluding diaryl/α,β-unsaturated/α-hetero) is 1. The number of likely N-dealkylation sites (tertiary alicyclic amines) is 1. The molecule has 2 aromatic heterocycles. The normalized spacial score (nSPS) is 23.3. The van der Waals surface area contributed by atoms with Crippen LogP contribution >= 0.6 is 22.9 Å². The SMILES string of the molecule is Cc1ccccc1C(=O)C1C(c2sccc2C)C(C(N)=O)N(C(=O)N2CCOCC2)C1c1c(C)nn(C)c1Cl. The molecule has 206 valence electrons. The summed E-state index contributed by atoms with van der Waals surface area (Å²) >= 11 is 8.30. The van der Waals surface area contributed by atoms with E-state index < -0.39 is 29.8 Å². The number of urea groups is 1. The van der Waals surface area contributed by atoms with Crippen molar-refractivity contribution >= 4 is 40.7 Å². The lowest BCUT2D eigenvalue weighted by molar-refractivity contribution is -0.122. The molecule has 1 aromatic carbocycles. The van der Waals surface area contributed by atoms with E-state index in [2.05, 4.69) is 5.10 Å². The predicted octanol–water partition coefficient (Wildman–Crippen LogP) is 4.01. The summed E-state index contributed by atoms with van der Waals surface area (Å²) in [7, 11) is 1.71. The fourth-order valence-electron chi connectivity index (χ4n) is 6.05. The summed E-state index contributed by atoms with van der Waals surface area (Å²) < 4.78 is 7.00. The third-order valence-corrected chi connectivity index (χ3v) is 9.44. The standard InChI is InChI=1S/C28H32ClN5O4S/c1-15-7-5-6-8-18(15)24(35)20-21(25-16(2)9-14-39-25)23(27(30)36)34(28(37)33-10-12-38-13-11-33)22(20)19-17(3)31-32(4)26(19)29/h5-9,14,20-23H,10-13H2,1-4H3,(H2,30,36). The number of aromatic nitrogens is 2. The van der Waals surface area contributed by atoms with Crippen LogP contribution in [0.25, 0.3) is 0 Å². The zero-order chi connectivity index (χ0) is 28.0. The number of rotatable bonds is 5. The minimum absolute atomic E-state index is 0.168. The molecule has 9 nitrogen and oxygen atoms in total. The number of ether oxygens (including phenoxy) is 1. The van der Waals surface area contributed by atoms with Gasteiger partial charge in [0.25, 0.3) is 0 Å². The molecule has 2 saturated heterocycles. The Morgan fingerprint density at radius 1 is 1.08 bits per heavy atom. The molecule has 11 heteroatoms. The van der Waals surface area contributed by atoms with E-state index >= 15 is 0 Å². The number of nitrogens with zero attached hydrogens (tertiary/aromatic N) is 4. The van der Waals surface area contributed by atoms with Gasteiger partial charge in [-0.3, -0.25) is 14.3 Å². The second-order valence-electron chi connectivity index (χ2n) is 10.2. The van der Waals surface area contributed by atoms with E-state index in [9.17, 15) is 14.4 Å². The molecule has 2 N–H and O–H groups in total. The molecule has 0 saturated carbocycles. The minimum Gasteiger partial charge on any atom is -0.378 e. The largest absolute Gasteiger partial charge is 0.378 e. The quantitative estimate of drug-likeness (QED) is 0.467. The monoisotopic (exact) mass is 569 g/mol. The van der Waals surface area contributed by atoms with E-state index in [1.807, 2.05) is 43.5 Å². The van der Waals surface area contributed by atoms with Crippen molar-refractivity contribution < 1.29 is 19.1 Å². The second-order valence-corrected chi connectivity index (χ2v) is 11.5. The number of benzene rings is 1. The summed E-state index contributed by atoms with van der Waals surface area (Å²) in [5, 5.41) is 6.75. The average Bonchev–Trinajstić information content (AvgIpc) is 3.56. The van der Waals surface area contributed by atoms with E-state index in [0.29, 0.717) is 48.3 Å². The number of ketones is 1. The van der Waals surface area contributed by atoms with Gasteiger partial charge in [0.15, 0.2) is 5.78 Å². The van der Waals surface area contributed by atoms with Crippen LogP contribution in [0.4, 0.5) is 4.79 Å². The summed E-state index contributed by atoms with van der Waals surface area (Å²) in [4.78, 5) is 46.3. The lowest BCUT2D eigenvalue weighted by atomic mass is 9.77. The maximum atomic E-state index is 14.6. The van der Waals surface area contributed by atoms with E-state index in [1.54, 1.807) is 24.9 Å². The van der Waals surface area contributed by atoms with Gasteiger partial charge in [0, 0.05) is 42.1 Å². The minimum atomic E-state index is -1.07. The Bertz CT molecular complexity index is 1430. The number of halogens is 1. The zero-order valence-electron chi connectivity index (χ0n) is 22.4. The number of morpholine rings is 1. The van der Waals surface area contributed by atoms with Crippen LogP contribution in [0.5, 0.6) is 0 Å². The number of hydrogen-bond acceptors (Lipinski definition) is 6. The fraction of sp³-hybridized carbons (Fsp3) is 0.429. The molecule has 0 bridgehead atoms. The maximum absolute atomic E-state index is 14.6. The van der Waals surface area contributed by atoms with Crippen LogP contribution in [0.15, 0.2) is 35.7 Å². The summed E-state index contributed by atoms with van der Waals surface area (Å²) in [5.74, 6) is -2.33. The van der Waals surface area contributed by atoms with Gasteiger partial charge in [-0.2, -0.15) is 5.10 Å². The second kappa shape index (κ2) is 10.7. The van der Waals surface area contributed by atoms with Crippen LogP contribution in [0.2, 0.25) is 5.15 Å². The zero-order valence-corrected chi connectivity index (χ0v) is 24.0. The molecular weight excluding hydrogens is 538 g/mol. The molecule has 0 spiro atoms. The first-order chi connectivity index (χ1) is 18.6. The van der Waals surface area contributed by atoms with E-state index in [4.69, 9.17) is 22.1 Å². The third kappa shape index (κ3) is 4.64. The molecule has 4 heterocycles. The van der Waals surface area contributed by atoms with Gasteiger partial charge < -0.3 is 20.3 Å². The first kappa shape index (κ1) is 27.4. The van der Waals surface area contributed by atoms with Gasteiger partial charge >= 0.3 is 6.03 Å². The van der Waals surface area contributed by atoms with Gasteiger partial charge in [-0.05, 0) is 43.3 Å². The molecule has 2 fully saturated rings. The van der Waals surface area contributed by atoms with Crippen molar-refractivity contribution in [2.24, 2.45) is 18.7 Å². The molecule has 3 aromatic rings. The topological polar surface area (TPSA) is 111 Å². The molecule has 4 unspecified atom stereocenters. The number of amides is 3. The van der Waals surface area contributed by atoms with Gasteiger partial charge in [0.2, 0.25) is 5.91 Å². The summed E-state index contributed by atoms with van der Waals surface area (Å²) in [6.45, 7) is 7.14. The number of carbonyl (C=O) groups excluding carboxylic acids is 3. The van der Waals surface area contributed by atoms with Crippen LogP contribution < -0.4 is 5.73 Å². The van der Waals surface area contributed by atoms with Gasteiger partial charge in [-0.15, -0.1) is 11.3 Å².